The number of Topliss-reactive ketones (excluding diaryl/α,β-unsaturated/α-hetero) is 1. The number of carbonyl (C=O) groups is 1. The first kappa shape index (κ1) is 20.3. The topological polar surface area (TPSA) is 54.3 Å². The van der Waals surface area contributed by atoms with Crippen LogP contribution in [0.2, 0.25) is 0 Å². The Kier molecular flexibility index (Phi) is 6.23. The predicted molar refractivity (Wildman–Crippen MR) is 119 cm³/mol. The summed E-state index contributed by atoms with van der Waals surface area (Å²) in [6, 6.07) is 12.5. The highest BCUT2D eigenvalue weighted by Crippen LogP contribution is 2.18. The highest BCUT2D eigenvalue weighted by Gasteiger charge is 2.22. The van der Waals surface area contributed by atoms with E-state index in [4.69, 9.17) is 0 Å². The van der Waals surface area contributed by atoms with Gasteiger partial charge in [0.05, 0.1) is 12.7 Å². The van der Waals surface area contributed by atoms with Crippen molar-refractivity contribution in [2.75, 3.05) is 37.6 Å². The molecule has 2 aromatic heterocycles. The monoisotopic (exact) mass is 403 g/mol. The average Bonchev–Trinajstić information content (AvgIpc) is 3.07. The van der Waals surface area contributed by atoms with Crippen LogP contribution in [-0.4, -0.2) is 57.9 Å². The number of hydrogen-bond acceptors (Lipinski definition) is 5. The lowest BCUT2D eigenvalue weighted by molar-refractivity contribution is 0.0925. The minimum absolute atomic E-state index is 0.210. The predicted octanol–water partition coefficient (Wildman–Crippen LogP) is 3.14. The molecule has 1 aromatic carbocycles. The maximum Gasteiger partial charge on any atom is 0.178 e. The molecular formula is C24H29N5O. The van der Waals surface area contributed by atoms with Crippen molar-refractivity contribution in [1.82, 2.24) is 19.4 Å². The molecule has 1 aliphatic heterocycles. The molecule has 6 nitrogen and oxygen atoms in total. The summed E-state index contributed by atoms with van der Waals surface area (Å²) in [6.07, 6.45) is 6.17. The van der Waals surface area contributed by atoms with Crippen molar-refractivity contribution in [3.63, 3.8) is 0 Å². The maximum absolute atomic E-state index is 13.0. The highest BCUT2D eigenvalue weighted by atomic mass is 16.1. The first-order valence-corrected chi connectivity index (χ1v) is 10.6. The van der Waals surface area contributed by atoms with Gasteiger partial charge in [-0.15, -0.1) is 0 Å². The van der Waals surface area contributed by atoms with Crippen LogP contribution in [0.5, 0.6) is 0 Å². The van der Waals surface area contributed by atoms with Gasteiger partial charge >= 0.3 is 0 Å². The molecule has 0 N–H and O–H groups in total. The van der Waals surface area contributed by atoms with Gasteiger partial charge in [0.15, 0.2) is 5.78 Å². The zero-order chi connectivity index (χ0) is 20.9. The van der Waals surface area contributed by atoms with Crippen LogP contribution >= 0.6 is 0 Å². The van der Waals surface area contributed by atoms with E-state index in [0.29, 0.717) is 6.54 Å². The number of aryl methyl sites for hydroxylation is 2. The Balaban J connectivity index is 1.35. The van der Waals surface area contributed by atoms with Gasteiger partial charge in [0, 0.05) is 62.1 Å². The lowest BCUT2D eigenvalue weighted by Crippen LogP contribution is -2.48. The molecule has 0 amide bonds. The van der Waals surface area contributed by atoms with Crippen LogP contribution in [0.4, 0.5) is 5.82 Å². The van der Waals surface area contributed by atoms with E-state index in [9.17, 15) is 4.79 Å². The Labute approximate surface area is 178 Å². The van der Waals surface area contributed by atoms with Crippen LogP contribution in [0.25, 0.3) is 0 Å². The minimum Gasteiger partial charge on any atom is -0.353 e. The maximum atomic E-state index is 13.0. The van der Waals surface area contributed by atoms with E-state index in [1.54, 1.807) is 18.6 Å². The summed E-state index contributed by atoms with van der Waals surface area (Å²) in [4.78, 5) is 26.0. The van der Waals surface area contributed by atoms with Crippen LogP contribution < -0.4 is 4.90 Å². The van der Waals surface area contributed by atoms with Gasteiger partial charge in [-0.3, -0.25) is 14.7 Å². The van der Waals surface area contributed by atoms with E-state index < -0.39 is 0 Å². The summed E-state index contributed by atoms with van der Waals surface area (Å²) in [6.45, 7) is 8.96. The average molecular weight is 404 g/mol. The standard InChI is InChI=1S/C24H29N5O/c1-19-16-22(20(2)29(19)11-8-21-6-4-3-5-7-21)23(30)18-27-12-14-28(15-13-27)24-17-25-9-10-26-24/h3-7,9-10,16-17H,8,11-15,18H2,1-2H3. The molecule has 0 saturated carbocycles. The number of aromatic nitrogens is 3. The number of carbonyl (C=O) groups excluding carboxylic acids is 1. The van der Waals surface area contributed by atoms with Crippen molar-refractivity contribution in [3.8, 4) is 0 Å². The number of ketones is 1. The van der Waals surface area contributed by atoms with Gasteiger partial charge in [0.2, 0.25) is 0 Å². The highest BCUT2D eigenvalue weighted by molar-refractivity contribution is 5.99. The van der Waals surface area contributed by atoms with Gasteiger partial charge < -0.3 is 9.47 Å². The quantitative estimate of drug-likeness (QED) is 0.567. The Hall–Kier alpha value is -2.99. The van der Waals surface area contributed by atoms with Crippen molar-refractivity contribution in [1.29, 1.82) is 0 Å². The molecule has 1 fully saturated rings. The molecule has 0 spiro atoms. The molecule has 1 aliphatic rings. The fourth-order valence-corrected chi connectivity index (χ4v) is 4.19. The molecule has 0 bridgehead atoms. The summed E-state index contributed by atoms with van der Waals surface area (Å²) in [5.74, 6) is 1.12. The van der Waals surface area contributed by atoms with Gasteiger partial charge in [-0.25, -0.2) is 4.98 Å². The van der Waals surface area contributed by atoms with Gasteiger partial charge in [0.1, 0.15) is 5.82 Å². The third-order valence-electron chi connectivity index (χ3n) is 5.95. The van der Waals surface area contributed by atoms with E-state index in [-0.39, 0.29) is 5.78 Å². The van der Waals surface area contributed by atoms with Gasteiger partial charge in [-0.05, 0) is 31.9 Å². The van der Waals surface area contributed by atoms with E-state index in [0.717, 1.165) is 61.9 Å². The first-order chi connectivity index (χ1) is 14.6. The second-order valence-electron chi connectivity index (χ2n) is 7.92. The molecule has 156 valence electrons. The first-order valence-electron chi connectivity index (χ1n) is 10.6. The van der Waals surface area contributed by atoms with E-state index in [1.165, 1.54) is 5.56 Å². The molecule has 30 heavy (non-hydrogen) atoms. The molecule has 0 unspecified atom stereocenters. The summed E-state index contributed by atoms with van der Waals surface area (Å²) >= 11 is 0. The zero-order valence-electron chi connectivity index (χ0n) is 17.8. The van der Waals surface area contributed by atoms with Gasteiger partial charge in [-0.2, -0.15) is 0 Å². The van der Waals surface area contributed by atoms with Crippen molar-refractivity contribution < 1.29 is 4.79 Å². The normalized spacial score (nSPS) is 14.8. The second kappa shape index (κ2) is 9.22. The van der Waals surface area contributed by atoms with E-state index >= 15 is 0 Å². The number of rotatable bonds is 7. The third-order valence-corrected chi connectivity index (χ3v) is 5.95. The summed E-state index contributed by atoms with van der Waals surface area (Å²) < 4.78 is 2.27. The largest absolute Gasteiger partial charge is 0.353 e. The summed E-state index contributed by atoms with van der Waals surface area (Å²) in [5.41, 5.74) is 4.40. The van der Waals surface area contributed by atoms with Gasteiger partial charge in [-0.1, -0.05) is 30.3 Å². The number of benzene rings is 1. The number of nitrogens with zero attached hydrogens (tertiary/aromatic N) is 5. The number of anilines is 1. The van der Waals surface area contributed by atoms with Crippen LogP contribution in [0, 0.1) is 13.8 Å². The molecule has 0 aliphatic carbocycles. The number of piperazine rings is 1. The van der Waals surface area contributed by atoms with Crippen LogP contribution in [0.15, 0.2) is 55.0 Å². The molecule has 4 rings (SSSR count). The second-order valence-corrected chi connectivity index (χ2v) is 7.92. The molecule has 3 heterocycles. The fraction of sp³-hybridized carbons (Fsp3) is 0.375. The molecule has 0 radical (unpaired) electrons. The SMILES string of the molecule is Cc1cc(C(=O)CN2CCN(c3cnccn3)CC2)c(C)n1CCc1ccccc1. The zero-order valence-corrected chi connectivity index (χ0v) is 17.8. The molecule has 0 atom stereocenters. The Bertz CT molecular complexity index is 976. The fourth-order valence-electron chi connectivity index (χ4n) is 4.19. The van der Waals surface area contributed by atoms with Crippen molar-refractivity contribution in [3.05, 3.63) is 77.5 Å². The summed E-state index contributed by atoms with van der Waals surface area (Å²) in [5, 5.41) is 0. The molecule has 6 heteroatoms. The summed E-state index contributed by atoms with van der Waals surface area (Å²) in [7, 11) is 0. The molecule has 3 aromatic rings. The minimum atomic E-state index is 0.210. The third kappa shape index (κ3) is 4.60. The number of hydrogen-bond donors (Lipinski definition) is 0. The molecular weight excluding hydrogens is 374 g/mol. The van der Waals surface area contributed by atoms with E-state index in [1.807, 2.05) is 6.07 Å². The molecule has 1 saturated heterocycles. The Morgan fingerprint density at radius 3 is 2.50 bits per heavy atom. The lowest BCUT2D eigenvalue weighted by atomic mass is 10.1. The van der Waals surface area contributed by atoms with Crippen molar-refractivity contribution >= 4 is 11.6 Å². The van der Waals surface area contributed by atoms with E-state index in [2.05, 4.69) is 68.5 Å². The Morgan fingerprint density at radius 2 is 1.80 bits per heavy atom. The van der Waals surface area contributed by atoms with Gasteiger partial charge in [0.25, 0.3) is 0 Å². The van der Waals surface area contributed by atoms with Crippen LogP contribution in [0.1, 0.15) is 27.3 Å². The van der Waals surface area contributed by atoms with Crippen LogP contribution in [-0.2, 0) is 13.0 Å². The Morgan fingerprint density at radius 1 is 1.03 bits per heavy atom. The van der Waals surface area contributed by atoms with Crippen molar-refractivity contribution in [2.24, 2.45) is 0 Å². The van der Waals surface area contributed by atoms with Crippen LogP contribution in [0.3, 0.4) is 0 Å². The lowest BCUT2D eigenvalue weighted by Gasteiger charge is -2.34. The smallest absolute Gasteiger partial charge is 0.178 e. The van der Waals surface area contributed by atoms with Crippen molar-refractivity contribution in [2.45, 2.75) is 26.8 Å².